The zero-order valence-corrected chi connectivity index (χ0v) is 19.0. The Balaban J connectivity index is 1.94. The quantitative estimate of drug-likeness (QED) is 0.678. The number of sulfonamides is 1. The molecule has 3 rings (SSSR count). The molecule has 1 atom stereocenters. The molecule has 0 radical (unpaired) electrons. The summed E-state index contributed by atoms with van der Waals surface area (Å²) in [5.74, 6) is -2.03. The number of benzene rings is 2. The van der Waals surface area contributed by atoms with Crippen molar-refractivity contribution < 1.29 is 22.8 Å². The lowest BCUT2D eigenvalue weighted by Gasteiger charge is -2.30. The van der Waals surface area contributed by atoms with Crippen LogP contribution in [0, 0.1) is 0 Å². The van der Waals surface area contributed by atoms with Crippen molar-refractivity contribution in [2.75, 3.05) is 13.6 Å². The zero-order valence-electron chi connectivity index (χ0n) is 16.6. The first-order valence-electron chi connectivity index (χ1n) is 9.19. The van der Waals surface area contributed by atoms with Crippen molar-refractivity contribution in [1.82, 2.24) is 14.5 Å². The van der Waals surface area contributed by atoms with Crippen LogP contribution in [-0.2, 0) is 26.2 Å². The highest BCUT2D eigenvalue weighted by Crippen LogP contribution is 2.31. The Morgan fingerprint density at radius 2 is 1.71 bits per heavy atom. The summed E-state index contributed by atoms with van der Waals surface area (Å²) in [6, 6.07) is 9.55. The number of likely N-dealkylation sites (N-methyl/N-ethyl adjacent to an activating group) is 1. The van der Waals surface area contributed by atoms with Crippen molar-refractivity contribution in [3.63, 3.8) is 0 Å². The summed E-state index contributed by atoms with van der Waals surface area (Å²) in [6.07, 6.45) is 0. The Morgan fingerprint density at radius 3 is 2.29 bits per heavy atom. The first-order chi connectivity index (χ1) is 14.6. The van der Waals surface area contributed by atoms with E-state index in [4.69, 9.17) is 23.2 Å². The molecule has 11 heteroatoms. The van der Waals surface area contributed by atoms with Gasteiger partial charge >= 0.3 is 0 Å². The van der Waals surface area contributed by atoms with E-state index >= 15 is 0 Å². The molecule has 0 saturated carbocycles. The fourth-order valence-corrected chi connectivity index (χ4v) is 5.28. The molecule has 164 valence electrons. The van der Waals surface area contributed by atoms with Crippen LogP contribution in [0.5, 0.6) is 0 Å². The Bertz CT molecular complexity index is 1150. The van der Waals surface area contributed by atoms with Crippen LogP contribution in [0.1, 0.15) is 22.8 Å². The molecule has 2 aromatic carbocycles. The number of fused-ring (bicyclic) bond motifs is 1. The van der Waals surface area contributed by atoms with Crippen LogP contribution in [0.15, 0.2) is 47.4 Å². The number of amides is 3. The predicted molar refractivity (Wildman–Crippen MR) is 115 cm³/mol. The Kier molecular flexibility index (Phi) is 6.59. The van der Waals surface area contributed by atoms with Crippen LogP contribution in [0.4, 0.5) is 0 Å². The molecule has 0 saturated heterocycles. The van der Waals surface area contributed by atoms with Gasteiger partial charge < -0.3 is 10.2 Å². The van der Waals surface area contributed by atoms with Gasteiger partial charge in [0, 0.05) is 29.2 Å². The van der Waals surface area contributed by atoms with E-state index < -0.39 is 40.3 Å². The summed E-state index contributed by atoms with van der Waals surface area (Å²) in [4.78, 5) is 39.1. The third-order valence-corrected chi connectivity index (χ3v) is 7.49. The largest absolute Gasteiger partial charge is 0.357 e. The molecule has 1 heterocycles. The average molecular weight is 484 g/mol. The summed E-state index contributed by atoms with van der Waals surface area (Å²) < 4.78 is 26.1. The second-order valence-electron chi connectivity index (χ2n) is 6.83. The maximum absolute atomic E-state index is 13.2. The summed E-state index contributed by atoms with van der Waals surface area (Å²) in [5, 5.41) is 3.02. The minimum absolute atomic E-state index is 0.00431. The number of carbonyl (C=O) groups excluding carboxylic acids is 3. The lowest BCUT2D eigenvalue weighted by molar-refractivity contribution is -0.140. The van der Waals surface area contributed by atoms with Gasteiger partial charge in [-0.05, 0) is 31.2 Å². The van der Waals surface area contributed by atoms with E-state index in [1.165, 1.54) is 38.2 Å². The van der Waals surface area contributed by atoms with E-state index in [1.807, 2.05) is 0 Å². The van der Waals surface area contributed by atoms with E-state index in [2.05, 4.69) is 5.32 Å². The van der Waals surface area contributed by atoms with Crippen molar-refractivity contribution >= 4 is 50.9 Å². The van der Waals surface area contributed by atoms with Crippen LogP contribution >= 0.6 is 23.2 Å². The summed E-state index contributed by atoms with van der Waals surface area (Å²) >= 11 is 12.4. The fourth-order valence-electron chi connectivity index (χ4n) is 3.25. The first-order valence-corrected chi connectivity index (χ1v) is 11.4. The van der Waals surface area contributed by atoms with Gasteiger partial charge in [-0.25, -0.2) is 12.7 Å². The summed E-state index contributed by atoms with van der Waals surface area (Å²) in [6.45, 7) is 0.566. The number of nitrogens with zero attached hydrogens (tertiary/aromatic N) is 2. The smallest absolute Gasteiger partial charge is 0.269 e. The van der Waals surface area contributed by atoms with Crippen molar-refractivity contribution in [3.8, 4) is 0 Å². The molecule has 0 fully saturated rings. The minimum atomic E-state index is -4.18. The molecule has 31 heavy (non-hydrogen) atoms. The molecule has 1 N–H and O–H groups in total. The van der Waals surface area contributed by atoms with E-state index in [0.717, 1.165) is 4.90 Å². The molecule has 0 aliphatic carbocycles. The van der Waals surface area contributed by atoms with Gasteiger partial charge in [0.25, 0.3) is 15.9 Å². The fraction of sp³-hybridized carbons (Fsp3) is 0.250. The summed E-state index contributed by atoms with van der Waals surface area (Å²) in [5.41, 5.74) is 0.393. The van der Waals surface area contributed by atoms with Gasteiger partial charge in [-0.1, -0.05) is 41.4 Å². The first kappa shape index (κ1) is 23.1. The third-order valence-electron chi connectivity index (χ3n) is 4.99. The Labute approximate surface area is 189 Å². The zero-order chi connectivity index (χ0) is 22.9. The molecular formula is C20H19Cl2N3O5S. The predicted octanol–water partition coefficient (Wildman–Crippen LogP) is 2.30. The van der Waals surface area contributed by atoms with E-state index in [9.17, 15) is 22.8 Å². The maximum Gasteiger partial charge on any atom is 0.269 e. The maximum atomic E-state index is 13.2. The van der Waals surface area contributed by atoms with Crippen molar-refractivity contribution in [1.29, 1.82) is 0 Å². The minimum Gasteiger partial charge on any atom is -0.357 e. The third kappa shape index (κ3) is 4.26. The standard InChI is InChI=1S/C20H19Cl2N3O5S/c1-12(19(27)23-2)24(10-14-15(21)7-5-8-16(14)22)18(26)11-25-20(28)13-6-3-4-9-17(13)31(25,29)30/h3-9,12H,10-11H2,1-2H3,(H,23,27). The number of halogens is 2. The van der Waals surface area contributed by atoms with Crippen LogP contribution in [0.25, 0.3) is 0 Å². The molecule has 0 bridgehead atoms. The second-order valence-corrected chi connectivity index (χ2v) is 9.47. The van der Waals surface area contributed by atoms with Crippen LogP contribution in [0.2, 0.25) is 10.0 Å². The van der Waals surface area contributed by atoms with E-state index in [1.54, 1.807) is 18.2 Å². The topological polar surface area (TPSA) is 104 Å². The Hall–Kier alpha value is -2.62. The molecular weight excluding hydrogens is 465 g/mol. The number of hydrogen-bond acceptors (Lipinski definition) is 5. The van der Waals surface area contributed by atoms with Crippen molar-refractivity contribution in [2.24, 2.45) is 0 Å². The van der Waals surface area contributed by atoms with Gasteiger partial charge in [0.1, 0.15) is 17.5 Å². The molecule has 2 aromatic rings. The summed E-state index contributed by atoms with van der Waals surface area (Å²) in [7, 11) is -2.77. The highest BCUT2D eigenvalue weighted by Gasteiger charge is 2.43. The van der Waals surface area contributed by atoms with Crippen LogP contribution < -0.4 is 5.32 Å². The van der Waals surface area contributed by atoms with Gasteiger partial charge in [-0.15, -0.1) is 0 Å². The number of carbonyl (C=O) groups is 3. The normalized spacial score (nSPS) is 15.4. The highest BCUT2D eigenvalue weighted by atomic mass is 35.5. The SMILES string of the molecule is CNC(=O)C(C)N(Cc1c(Cl)cccc1Cl)C(=O)CN1C(=O)c2ccccc2S1(=O)=O. The highest BCUT2D eigenvalue weighted by molar-refractivity contribution is 7.90. The lowest BCUT2D eigenvalue weighted by atomic mass is 10.1. The lowest BCUT2D eigenvalue weighted by Crippen LogP contribution is -2.50. The van der Waals surface area contributed by atoms with Crippen molar-refractivity contribution in [3.05, 3.63) is 63.6 Å². The average Bonchev–Trinajstić information content (AvgIpc) is 2.93. The molecule has 8 nitrogen and oxygen atoms in total. The molecule has 1 aliphatic heterocycles. The number of nitrogens with one attached hydrogen (secondary N) is 1. The van der Waals surface area contributed by atoms with Gasteiger partial charge in [0.2, 0.25) is 11.8 Å². The molecule has 1 aliphatic rings. The van der Waals surface area contributed by atoms with Crippen molar-refractivity contribution in [2.45, 2.75) is 24.4 Å². The number of rotatable bonds is 6. The molecule has 3 amide bonds. The molecule has 0 aromatic heterocycles. The van der Waals surface area contributed by atoms with Gasteiger partial charge in [0.15, 0.2) is 0 Å². The van der Waals surface area contributed by atoms with Crippen LogP contribution in [-0.4, -0.2) is 55.0 Å². The number of hydrogen-bond donors (Lipinski definition) is 1. The second kappa shape index (κ2) is 8.86. The van der Waals surface area contributed by atoms with Crippen LogP contribution in [0.3, 0.4) is 0 Å². The molecule has 0 spiro atoms. The van der Waals surface area contributed by atoms with Gasteiger partial charge in [-0.3, -0.25) is 14.4 Å². The monoisotopic (exact) mass is 483 g/mol. The van der Waals surface area contributed by atoms with Gasteiger partial charge in [0.05, 0.1) is 5.56 Å². The molecule has 1 unspecified atom stereocenters. The van der Waals surface area contributed by atoms with E-state index in [0.29, 0.717) is 9.87 Å². The Morgan fingerprint density at radius 1 is 1.10 bits per heavy atom. The van der Waals surface area contributed by atoms with Gasteiger partial charge in [-0.2, -0.15) is 0 Å². The van der Waals surface area contributed by atoms with E-state index in [-0.39, 0.29) is 27.0 Å².